The molecule has 2 N–H and O–H groups in total. The molecule has 3 atom stereocenters. The number of amides is 2. The van der Waals surface area contributed by atoms with Crippen LogP contribution in [-0.2, 0) is 23.9 Å². The van der Waals surface area contributed by atoms with Crippen LogP contribution in [0, 0.1) is 11.3 Å². The van der Waals surface area contributed by atoms with Gasteiger partial charge in [-0.15, -0.1) is 0 Å². The molecule has 7 nitrogen and oxygen atoms in total. The number of carbonyl (C=O) groups excluding carboxylic acids is 1. The fourth-order valence-electron chi connectivity index (χ4n) is 5.14. The average molecular weight is 412 g/mol. The normalized spacial score (nSPS) is 29.0. The summed E-state index contributed by atoms with van der Waals surface area (Å²) in [5, 5.41) is 12.6. The van der Waals surface area contributed by atoms with Crippen LogP contribution in [0.2, 0.25) is 0 Å². The molecular formula is C19H23F3N4O3. The molecule has 3 aliphatic rings. The molecule has 3 heterocycles. The second-order valence-corrected chi connectivity index (χ2v) is 8.25. The van der Waals surface area contributed by atoms with Crippen LogP contribution in [0.4, 0.5) is 18.0 Å². The minimum Gasteiger partial charge on any atom is -0.465 e. The maximum atomic E-state index is 13.6. The van der Waals surface area contributed by atoms with E-state index in [1.165, 1.54) is 4.90 Å². The first-order chi connectivity index (χ1) is 13.6. The predicted molar refractivity (Wildman–Crippen MR) is 96.0 cm³/mol. The first kappa shape index (κ1) is 19.9. The molecular weight excluding hydrogens is 389 g/mol. The number of fused-ring (bicyclic) bond motifs is 2. The summed E-state index contributed by atoms with van der Waals surface area (Å²) in [6.45, 7) is 0.879. The zero-order valence-corrected chi connectivity index (χ0v) is 16.0. The quantitative estimate of drug-likeness (QED) is 0.776. The lowest BCUT2D eigenvalue weighted by atomic mass is 9.78. The zero-order valence-electron chi connectivity index (χ0n) is 16.0. The lowest BCUT2D eigenvalue weighted by Crippen LogP contribution is -2.49. The van der Waals surface area contributed by atoms with Crippen LogP contribution in [0.1, 0.15) is 29.7 Å². The van der Waals surface area contributed by atoms with Crippen molar-refractivity contribution in [1.29, 1.82) is 0 Å². The van der Waals surface area contributed by atoms with Gasteiger partial charge in [-0.1, -0.05) is 0 Å². The van der Waals surface area contributed by atoms with Crippen LogP contribution >= 0.6 is 0 Å². The van der Waals surface area contributed by atoms with Crippen molar-refractivity contribution in [3.63, 3.8) is 0 Å². The van der Waals surface area contributed by atoms with Gasteiger partial charge in [0.15, 0.2) is 0 Å². The van der Waals surface area contributed by atoms with E-state index >= 15 is 0 Å². The number of halogens is 3. The molecule has 29 heavy (non-hydrogen) atoms. The minimum absolute atomic E-state index is 0.0663. The van der Waals surface area contributed by atoms with Gasteiger partial charge in [-0.2, -0.15) is 13.2 Å². The highest BCUT2D eigenvalue weighted by Gasteiger charge is 2.59. The first-order valence-electron chi connectivity index (χ1n) is 9.63. The smallest absolute Gasteiger partial charge is 0.417 e. The van der Waals surface area contributed by atoms with E-state index in [-0.39, 0.29) is 31.0 Å². The van der Waals surface area contributed by atoms with Crippen LogP contribution in [0.25, 0.3) is 0 Å². The van der Waals surface area contributed by atoms with Gasteiger partial charge in [0.25, 0.3) is 0 Å². The average Bonchev–Trinajstić information content (AvgIpc) is 3.21. The molecule has 0 spiro atoms. The number of carboxylic acid groups (broad SMARTS) is 1. The highest BCUT2D eigenvalue weighted by Crippen LogP contribution is 2.50. The summed E-state index contributed by atoms with van der Waals surface area (Å²) in [6.07, 6.45) is -3.08. The molecule has 2 fully saturated rings. The lowest BCUT2D eigenvalue weighted by Gasteiger charge is -2.37. The van der Waals surface area contributed by atoms with E-state index in [1.54, 1.807) is 4.90 Å². The maximum Gasteiger partial charge on any atom is 0.417 e. The molecule has 1 aromatic rings. The van der Waals surface area contributed by atoms with Crippen molar-refractivity contribution in [3.8, 4) is 0 Å². The molecule has 10 heteroatoms. The van der Waals surface area contributed by atoms with Gasteiger partial charge in [0, 0.05) is 50.5 Å². The Hall–Kier alpha value is -2.36. The van der Waals surface area contributed by atoms with Gasteiger partial charge in [-0.05, 0) is 37.4 Å². The molecule has 4 rings (SSSR count). The van der Waals surface area contributed by atoms with E-state index in [0.717, 1.165) is 12.3 Å². The van der Waals surface area contributed by atoms with E-state index in [1.807, 2.05) is 7.05 Å². The molecule has 0 bridgehead atoms. The summed E-state index contributed by atoms with van der Waals surface area (Å²) in [6, 6.07) is 1.19. The van der Waals surface area contributed by atoms with Crippen molar-refractivity contribution in [3.05, 3.63) is 29.1 Å². The van der Waals surface area contributed by atoms with E-state index in [0.29, 0.717) is 43.6 Å². The number of alkyl halides is 3. The number of hydrogen-bond acceptors (Lipinski definition) is 4. The van der Waals surface area contributed by atoms with Gasteiger partial charge < -0.3 is 20.2 Å². The van der Waals surface area contributed by atoms with Crippen molar-refractivity contribution in [1.82, 2.24) is 20.1 Å². The van der Waals surface area contributed by atoms with Crippen molar-refractivity contribution in [2.24, 2.45) is 11.3 Å². The third kappa shape index (κ3) is 3.33. The Bertz CT molecular complexity index is 846. The van der Waals surface area contributed by atoms with Crippen LogP contribution in [0.15, 0.2) is 12.3 Å². The zero-order chi connectivity index (χ0) is 21.0. The topological polar surface area (TPSA) is 85.8 Å². The van der Waals surface area contributed by atoms with Crippen molar-refractivity contribution in [2.75, 3.05) is 26.7 Å². The predicted octanol–water partition coefficient (Wildman–Crippen LogP) is 1.96. The van der Waals surface area contributed by atoms with Crippen molar-refractivity contribution in [2.45, 2.75) is 38.0 Å². The molecule has 158 valence electrons. The first-order valence-corrected chi connectivity index (χ1v) is 9.63. The monoisotopic (exact) mass is 412 g/mol. The number of carbonyl (C=O) groups is 2. The molecule has 1 aromatic heterocycles. The molecule has 3 unspecified atom stereocenters. The summed E-state index contributed by atoms with van der Waals surface area (Å²) in [5.41, 5.74) is -0.660. The SMILES string of the molecule is CNC1CC2CN(C(=O)O)CC2(C(=O)N2CCc3ncc(C(F)(F)F)cc3C2)C1. The van der Waals surface area contributed by atoms with Crippen molar-refractivity contribution < 1.29 is 27.9 Å². The Morgan fingerprint density at radius 3 is 2.76 bits per heavy atom. The van der Waals surface area contributed by atoms with Crippen LogP contribution in [0.5, 0.6) is 0 Å². The molecule has 0 aromatic carbocycles. The van der Waals surface area contributed by atoms with Crippen LogP contribution < -0.4 is 5.32 Å². The largest absolute Gasteiger partial charge is 0.465 e. The highest BCUT2D eigenvalue weighted by molar-refractivity contribution is 5.85. The van der Waals surface area contributed by atoms with E-state index in [2.05, 4.69) is 10.3 Å². The number of likely N-dealkylation sites (tertiary alicyclic amines) is 1. The van der Waals surface area contributed by atoms with Crippen LogP contribution in [0.3, 0.4) is 0 Å². The summed E-state index contributed by atoms with van der Waals surface area (Å²) < 4.78 is 39.1. The van der Waals surface area contributed by atoms with E-state index < -0.39 is 23.2 Å². The molecule has 1 aliphatic carbocycles. The summed E-state index contributed by atoms with van der Waals surface area (Å²) in [7, 11) is 1.82. The number of nitrogens with zero attached hydrogens (tertiary/aromatic N) is 3. The Kier molecular flexibility index (Phi) is 4.71. The summed E-state index contributed by atoms with van der Waals surface area (Å²) >= 11 is 0. The molecule has 1 saturated carbocycles. The minimum atomic E-state index is -4.49. The van der Waals surface area contributed by atoms with Crippen molar-refractivity contribution >= 4 is 12.0 Å². The Morgan fingerprint density at radius 2 is 2.10 bits per heavy atom. The number of hydrogen-bond donors (Lipinski definition) is 2. The second kappa shape index (κ2) is 6.86. The Balaban J connectivity index is 1.60. The van der Waals surface area contributed by atoms with Gasteiger partial charge >= 0.3 is 12.3 Å². The highest BCUT2D eigenvalue weighted by atomic mass is 19.4. The Morgan fingerprint density at radius 1 is 1.34 bits per heavy atom. The fraction of sp³-hybridized carbons (Fsp3) is 0.632. The third-order valence-corrected chi connectivity index (χ3v) is 6.63. The lowest BCUT2D eigenvalue weighted by molar-refractivity contribution is -0.143. The number of pyridine rings is 1. The van der Waals surface area contributed by atoms with Gasteiger partial charge in [-0.25, -0.2) is 4.79 Å². The standard InChI is InChI=1S/C19H23F3N4O3/c1-23-14-5-13-9-26(17(28)29)10-18(13,6-14)16(27)25-3-2-15-11(8-25)4-12(7-24-15)19(20,21)22/h4,7,13-14,23H,2-3,5-6,8-10H2,1H3,(H,28,29). The summed E-state index contributed by atoms with van der Waals surface area (Å²) in [5.74, 6) is -0.253. The molecule has 2 aliphatic heterocycles. The molecule has 2 amide bonds. The third-order valence-electron chi connectivity index (χ3n) is 6.63. The van der Waals surface area contributed by atoms with Gasteiger partial charge in [0.05, 0.1) is 11.0 Å². The fourth-order valence-corrected chi connectivity index (χ4v) is 5.14. The van der Waals surface area contributed by atoms with E-state index in [4.69, 9.17) is 0 Å². The maximum absolute atomic E-state index is 13.6. The summed E-state index contributed by atoms with van der Waals surface area (Å²) in [4.78, 5) is 31.9. The molecule has 0 radical (unpaired) electrons. The van der Waals surface area contributed by atoms with Gasteiger partial charge in [0.2, 0.25) is 5.91 Å². The number of nitrogens with one attached hydrogen (secondary N) is 1. The Labute approximate surface area is 165 Å². The molecule has 1 saturated heterocycles. The number of aromatic nitrogens is 1. The van der Waals surface area contributed by atoms with Gasteiger partial charge in [0.1, 0.15) is 0 Å². The van der Waals surface area contributed by atoms with E-state index in [9.17, 15) is 27.9 Å². The number of rotatable bonds is 2. The van der Waals surface area contributed by atoms with Crippen LogP contribution in [-0.4, -0.2) is 64.6 Å². The van der Waals surface area contributed by atoms with Gasteiger partial charge in [-0.3, -0.25) is 9.78 Å². The second-order valence-electron chi connectivity index (χ2n) is 8.25.